The van der Waals surface area contributed by atoms with Crippen molar-refractivity contribution in [3.05, 3.63) is 117 Å². The Hall–Kier alpha value is -3.41. The van der Waals surface area contributed by atoms with Gasteiger partial charge in [0.25, 0.3) is 5.56 Å². The summed E-state index contributed by atoms with van der Waals surface area (Å²) < 4.78 is 17.1. The molecule has 2 aromatic heterocycles. The van der Waals surface area contributed by atoms with Gasteiger partial charge in [-0.25, -0.2) is 9.37 Å². The maximum atomic E-state index is 13.7. The lowest BCUT2D eigenvalue weighted by Gasteiger charge is -2.08. The number of benzene rings is 3. The summed E-state index contributed by atoms with van der Waals surface area (Å²) in [5, 5.41) is 1.06. The van der Waals surface area contributed by atoms with Crippen molar-refractivity contribution in [2.24, 2.45) is 0 Å². The van der Waals surface area contributed by atoms with Gasteiger partial charge in [0.1, 0.15) is 12.1 Å². The lowest BCUT2D eigenvalue weighted by Crippen LogP contribution is -2.21. The van der Waals surface area contributed by atoms with E-state index in [1.165, 1.54) is 18.5 Å². The van der Waals surface area contributed by atoms with E-state index in [0.29, 0.717) is 33.9 Å². The third-order valence-corrected chi connectivity index (χ3v) is 5.85. The van der Waals surface area contributed by atoms with E-state index >= 15 is 0 Å². The monoisotopic (exact) mass is 463 g/mol. The Morgan fingerprint density at radius 3 is 2.41 bits per heavy atom. The second-order valence-corrected chi connectivity index (χ2v) is 8.22. The van der Waals surface area contributed by atoms with Crippen molar-refractivity contribution >= 4 is 34.2 Å². The Morgan fingerprint density at radius 2 is 1.69 bits per heavy atom. The van der Waals surface area contributed by atoms with E-state index in [9.17, 15) is 9.18 Å². The van der Waals surface area contributed by atoms with E-state index in [4.69, 9.17) is 23.2 Å². The van der Waals surface area contributed by atoms with Crippen LogP contribution < -0.4 is 5.56 Å². The average molecular weight is 464 g/mol. The number of aromatic nitrogens is 3. The fourth-order valence-electron chi connectivity index (χ4n) is 3.73. The lowest BCUT2D eigenvalue weighted by atomic mass is 10.1. The molecule has 0 atom stereocenters. The van der Waals surface area contributed by atoms with Crippen LogP contribution in [0.4, 0.5) is 4.39 Å². The molecule has 0 N–H and O–H groups in total. The van der Waals surface area contributed by atoms with E-state index in [-0.39, 0.29) is 10.6 Å². The topological polar surface area (TPSA) is 39.8 Å². The fourth-order valence-corrected chi connectivity index (χ4v) is 4.03. The van der Waals surface area contributed by atoms with Gasteiger partial charge in [-0.15, -0.1) is 0 Å². The molecule has 5 aromatic rings. The number of nitrogens with zero attached hydrogens (tertiary/aromatic N) is 3. The molecule has 0 bridgehead atoms. The second-order valence-electron chi connectivity index (χ2n) is 7.38. The van der Waals surface area contributed by atoms with Gasteiger partial charge in [-0.3, -0.25) is 9.36 Å². The van der Waals surface area contributed by atoms with Crippen LogP contribution in [0.5, 0.6) is 0 Å². The van der Waals surface area contributed by atoms with E-state index < -0.39 is 5.82 Å². The van der Waals surface area contributed by atoms with Crippen molar-refractivity contribution in [2.45, 2.75) is 6.54 Å². The van der Waals surface area contributed by atoms with Crippen LogP contribution in [0.15, 0.2) is 90.1 Å². The van der Waals surface area contributed by atoms with Gasteiger partial charge in [0.05, 0.1) is 17.0 Å². The molecule has 0 spiro atoms. The number of hydrogen-bond acceptors (Lipinski definition) is 2. The molecular formula is C25H16Cl2FN3O. The highest BCUT2D eigenvalue weighted by Gasteiger charge is 2.18. The summed E-state index contributed by atoms with van der Waals surface area (Å²) in [6.07, 6.45) is 3.35. The van der Waals surface area contributed by atoms with Gasteiger partial charge in [-0.05, 0) is 41.5 Å². The minimum atomic E-state index is -0.511. The van der Waals surface area contributed by atoms with E-state index in [0.717, 1.165) is 11.1 Å². The molecule has 0 aliphatic heterocycles. The first-order valence-corrected chi connectivity index (χ1v) is 10.6. The third kappa shape index (κ3) is 3.70. The largest absolute Gasteiger partial charge is 0.300 e. The normalized spacial score (nSPS) is 11.2. The zero-order chi connectivity index (χ0) is 22.2. The molecule has 32 heavy (non-hydrogen) atoms. The Balaban J connectivity index is 1.75. The Morgan fingerprint density at radius 1 is 0.938 bits per heavy atom. The molecule has 0 unspecified atom stereocenters. The van der Waals surface area contributed by atoms with E-state index in [1.807, 2.05) is 48.7 Å². The van der Waals surface area contributed by atoms with Gasteiger partial charge in [0, 0.05) is 22.5 Å². The van der Waals surface area contributed by atoms with E-state index in [2.05, 4.69) is 4.98 Å². The van der Waals surface area contributed by atoms with Gasteiger partial charge in [0.15, 0.2) is 5.65 Å². The number of halogens is 3. The highest BCUT2D eigenvalue weighted by atomic mass is 35.5. The number of rotatable bonds is 4. The van der Waals surface area contributed by atoms with Crippen LogP contribution in [-0.2, 0) is 6.54 Å². The van der Waals surface area contributed by atoms with Crippen molar-refractivity contribution in [3.8, 4) is 16.8 Å². The molecule has 0 radical (unpaired) electrons. The van der Waals surface area contributed by atoms with E-state index in [1.54, 1.807) is 27.3 Å². The first kappa shape index (κ1) is 20.5. The van der Waals surface area contributed by atoms with Crippen LogP contribution in [0.25, 0.3) is 27.8 Å². The molecule has 0 aliphatic rings. The predicted molar refractivity (Wildman–Crippen MR) is 126 cm³/mol. The number of fused-ring (bicyclic) bond motifs is 1. The van der Waals surface area contributed by atoms with Crippen LogP contribution in [0.1, 0.15) is 5.56 Å². The van der Waals surface area contributed by atoms with Crippen molar-refractivity contribution in [2.75, 3.05) is 0 Å². The zero-order valence-corrected chi connectivity index (χ0v) is 18.2. The molecule has 0 fully saturated rings. The van der Waals surface area contributed by atoms with Crippen molar-refractivity contribution in [1.82, 2.24) is 14.1 Å². The van der Waals surface area contributed by atoms with Crippen molar-refractivity contribution in [1.29, 1.82) is 0 Å². The molecule has 4 nitrogen and oxygen atoms in total. The lowest BCUT2D eigenvalue weighted by molar-refractivity contribution is 0.628. The van der Waals surface area contributed by atoms with Crippen molar-refractivity contribution < 1.29 is 4.39 Å². The molecule has 0 aliphatic carbocycles. The summed E-state index contributed by atoms with van der Waals surface area (Å²) in [4.78, 5) is 18.2. The minimum Gasteiger partial charge on any atom is -0.300 e. The number of hydrogen-bond donors (Lipinski definition) is 0. The molecule has 0 amide bonds. The van der Waals surface area contributed by atoms with Crippen molar-refractivity contribution in [3.63, 3.8) is 0 Å². The molecular weight excluding hydrogens is 448 g/mol. The smallest absolute Gasteiger partial charge is 0.263 e. The maximum absolute atomic E-state index is 13.7. The third-order valence-electron chi connectivity index (χ3n) is 5.31. The molecule has 158 valence electrons. The quantitative estimate of drug-likeness (QED) is 0.311. The SMILES string of the molecule is O=c1c2c(-c3ccc(Cl)cc3)cn(-c3ccc(F)c(Cl)c3)c2ncn1Cc1ccccc1. The van der Waals surface area contributed by atoms with Crippen LogP contribution in [-0.4, -0.2) is 14.1 Å². The molecule has 0 saturated heterocycles. The maximum Gasteiger partial charge on any atom is 0.263 e. The van der Waals surface area contributed by atoms with Crippen LogP contribution in [0.2, 0.25) is 10.0 Å². The van der Waals surface area contributed by atoms with Crippen LogP contribution >= 0.6 is 23.2 Å². The Bertz CT molecular complexity index is 1490. The van der Waals surface area contributed by atoms with Gasteiger partial charge in [-0.1, -0.05) is 65.7 Å². The van der Waals surface area contributed by atoms with Crippen LogP contribution in [0, 0.1) is 5.82 Å². The summed E-state index contributed by atoms with van der Waals surface area (Å²) in [6.45, 7) is 0.399. The molecule has 5 rings (SSSR count). The van der Waals surface area contributed by atoms with Gasteiger partial charge in [-0.2, -0.15) is 0 Å². The summed E-state index contributed by atoms with van der Waals surface area (Å²) in [7, 11) is 0. The Labute approximate surface area is 193 Å². The summed E-state index contributed by atoms with van der Waals surface area (Å²) in [5.74, 6) is -0.511. The molecule has 0 saturated carbocycles. The first-order valence-electron chi connectivity index (χ1n) is 9.87. The highest BCUT2D eigenvalue weighted by Crippen LogP contribution is 2.31. The zero-order valence-electron chi connectivity index (χ0n) is 16.7. The van der Waals surface area contributed by atoms with Gasteiger partial charge < -0.3 is 4.57 Å². The Kier molecular flexibility index (Phi) is 5.29. The predicted octanol–water partition coefficient (Wildman–Crippen LogP) is 6.35. The summed E-state index contributed by atoms with van der Waals surface area (Å²) in [5.41, 5.74) is 3.42. The molecule has 7 heteroatoms. The standard InChI is InChI=1S/C25H16Cl2FN3O/c26-18-8-6-17(7-9-18)20-14-31(19-10-11-22(28)21(27)12-19)24-23(20)25(32)30(15-29-24)13-16-4-2-1-3-5-16/h1-12,14-15H,13H2. The summed E-state index contributed by atoms with van der Waals surface area (Å²) in [6, 6.07) is 21.4. The minimum absolute atomic E-state index is 0.00480. The molecule has 3 aromatic carbocycles. The second kappa shape index (κ2) is 8.26. The first-order chi connectivity index (χ1) is 15.5. The van der Waals surface area contributed by atoms with Gasteiger partial charge >= 0.3 is 0 Å². The fraction of sp³-hybridized carbons (Fsp3) is 0.0400. The average Bonchev–Trinajstić information content (AvgIpc) is 3.19. The molecule has 2 heterocycles. The summed E-state index contributed by atoms with van der Waals surface area (Å²) >= 11 is 12.1. The van der Waals surface area contributed by atoms with Crippen LogP contribution in [0.3, 0.4) is 0 Å². The highest BCUT2D eigenvalue weighted by molar-refractivity contribution is 6.31. The van der Waals surface area contributed by atoms with Gasteiger partial charge in [0.2, 0.25) is 0 Å².